The molecular formula is C13H20N2O3. The van der Waals surface area contributed by atoms with Crippen molar-refractivity contribution in [2.75, 3.05) is 20.1 Å². The summed E-state index contributed by atoms with van der Waals surface area (Å²) in [7, 11) is 2.11. The smallest absolute Gasteiger partial charge is 0.200 e. The van der Waals surface area contributed by atoms with E-state index in [0.717, 1.165) is 13.1 Å². The van der Waals surface area contributed by atoms with E-state index in [9.17, 15) is 15.3 Å². The van der Waals surface area contributed by atoms with Gasteiger partial charge in [-0.1, -0.05) is 6.07 Å². The average Bonchev–Trinajstić information content (AvgIpc) is 2.75. The van der Waals surface area contributed by atoms with Crippen LogP contribution in [0, 0.1) is 0 Å². The van der Waals surface area contributed by atoms with E-state index < -0.39 is 5.75 Å². The van der Waals surface area contributed by atoms with E-state index in [-0.39, 0.29) is 11.5 Å². The number of nitrogens with one attached hydrogen (secondary N) is 1. The first-order chi connectivity index (χ1) is 8.59. The summed E-state index contributed by atoms with van der Waals surface area (Å²) in [5, 5.41) is 31.6. The van der Waals surface area contributed by atoms with Gasteiger partial charge in [0.05, 0.1) is 0 Å². The van der Waals surface area contributed by atoms with E-state index in [4.69, 9.17) is 0 Å². The molecule has 4 N–H and O–H groups in total. The van der Waals surface area contributed by atoms with Gasteiger partial charge in [0.2, 0.25) is 5.75 Å². The summed E-state index contributed by atoms with van der Waals surface area (Å²) in [5.41, 5.74) is 0.589. The van der Waals surface area contributed by atoms with Gasteiger partial charge >= 0.3 is 0 Å². The van der Waals surface area contributed by atoms with Gasteiger partial charge in [-0.3, -0.25) is 0 Å². The van der Waals surface area contributed by atoms with Gasteiger partial charge in [-0.05, 0) is 32.5 Å². The first kappa shape index (κ1) is 13.0. The molecule has 0 spiro atoms. The molecule has 0 aliphatic carbocycles. The maximum atomic E-state index is 9.66. The fourth-order valence-electron chi connectivity index (χ4n) is 2.36. The molecule has 1 atom stereocenters. The second kappa shape index (κ2) is 5.46. The summed E-state index contributed by atoms with van der Waals surface area (Å²) in [6.07, 6.45) is 2.42. The third-order valence-corrected chi connectivity index (χ3v) is 3.58. The van der Waals surface area contributed by atoms with Gasteiger partial charge in [-0.25, -0.2) is 0 Å². The van der Waals surface area contributed by atoms with Crippen LogP contribution in [0.15, 0.2) is 12.1 Å². The summed E-state index contributed by atoms with van der Waals surface area (Å²) in [5.74, 6) is -0.999. The molecule has 1 fully saturated rings. The minimum Gasteiger partial charge on any atom is -0.504 e. The molecule has 0 bridgehead atoms. The van der Waals surface area contributed by atoms with Crippen LogP contribution < -0.4 is 5.32 Å². The van der Waals surface area contributed by atoms with Crippen molar-refractivity contribution < 1.29 is 15.3 Å². The molecule has 0 amide bonds. The number of phenolic OH excluding ortho intramolecular Hbond substituents is 3. The van der Waals surface area contributed by atoms with Crippen molar-refractivity contribution in [3.8, 4) is 17.2 Å². The minimum absolute atomic E-state index is 0.248. The maximum absolute atomic E-state index is 9.66. The molecule has 1 heterocycles. The number of phenols is 3. The van der Waals surface area contributed by atoms with Crippen LogP contribution in [0.3, 0.4) is 0 Å². The molecule has 1 saturated heterocycles. The Labute approximate surface area is 107 Å². The molecule has 100 valence electrons. The number of hydrogen-bond acceptors (Lipinski definition) is 5. The van der Waals surface area contributed by atoms with E-state index in [1.807, 2.05) is 0 Å². The Morgan fingerprint density at radius 3 is 2.72 bits per heavy atom. The summed E-state index contributed by atoms with van der Waals surface area (Å²) in [6.45, 7) is 2.47. The molecule has 2 rings (SSSR count). The zero-order chi connectivity index (χ0) is 13.1. The van der Waals surface area contributed by atoms with Crippen LogP contribution in [0.5, 0.6) is 17.2 Å². The second-order valence-corrected chi connectivity index (χ2v) is 4.85. The number of nitrogens with zero attached hydrogens (tertiary/aromatic N) is 1. The second-order valence-electron chi connectivity index (χ2n) is 4.85. The van der Waals surface area contributed by atoms with Gasteiger partial charge in [-0.15, -0.1) is 0 Å². The van der Waals surface area contributed by atoms with E-state index in [1.54, 1.807) is 6.07 Å². The highest BCUT2D eigenvalue weighted by atomic mass is 16.3. The highest BCUT2D eigenvalue weighted by Crippen LogP contribution is 2.36. The number of likely N-dealkylation sites (N-methyl/N-ethyl adjacent to an activating group) is 1. The van der Waals surface area contributed by atoms with E-state index in [0.29, 0.717) is 18.2 Å². The lowest BCUT2D eigenvalue weighted by Crippen LogP contribution is -2.35. The predicted molar refractivity (Wildman–Crippen MR) is 68.8 cm³/mol. The van der Waals surface area contributed by atoms with Crippen LogP contribution in [0.1, 0.15) is 18.4 Å². The molecule has 5 nitrogen and oxygen atoms in total. The zero-order valence-electron chi connectivity index (χ0n) is 10.6. The molecule has 5 heteroatoms. The van der Waals surface area contributed by atoms with Crippen molar-refractivity contribution in [1.82, 2.24) is 10.2 Å². The first-order valence-electron chi connectivity index (χ1n) is 6.23. The average molecular weight is 252 g/mol. The van der Waals surface area contributed by atoms with Crippen molar-refractivity contribution in [2.24, 2.45) is 0 Å². The molecule has 1 unspecified atom stereocenters. The lowest BCUT2D eigenvalue weighted by molar-refractivity contribution is 0.299. The van der Waals surface area contributed by atoms with Crippen LogP contribution in [0.4, 0.5) is 0 Å². The van der Waals surface area contributed by atoms with E-state index in [2.05, 4.69) is 17.3 Å². The van der Waals surface area contributed by atoms with Crippen molar-refractivity contribution in [3.05, 3.63) is 17.7 Å². The molecule has 0 saturated carbocycles. The number of rotatable bonds is 4. The largest absolute Gasteiger partial charge is 0.504 e. The molecule has 1 aliphatic rings. The Kier molecular flexibility index (Phi) is 3.93. The Bertz CT molecular complexity index is 423. The monoisotopic (exact) mass is 252 g/mol. The maximum Gasteiger partial charge on any atom is 0.200 e. The quantitative estimate of drug-likeness (QED) is 0.601. The molecule has 1 aromatic carbocycles. The summed E-state index contributed by atoms with van der Waals surface area (Å²) < 4.78 is 0. The summed E-state index contributed by atoms with van der Waals surface area (Å²) in [6, 6.07) is 3.53. The Hall–Kier alpha value is -1.46. The molecule has 18 heavy (non-hydrogen) atoms. The molecule has 0 aromatic heterocycles. The third-order valence-electron chi connectivity index (χ3n) is 3.58. The zero-order valence-corrected chi connectivity index (χ0v) is 10.6. The summed E-state index contributed by atoms with van der Waals surface area (Å²) in [4.78, 5) is 2.32. The highest BCUT2D eigenvalue weighted by molar-refractivity contribution is 5.52. The van der Waals surface area contributed by atoms with Crippen LogP contribution in [-0.2, 0) is 6.54 Å². The fourth-order valence-corrected chi connectivity index (χ4v) is 2.36. The van der Waals surface area contributed by atoms with Gasteiger partial charge in [0.15, 0.2) is 11.5 Å². The number of hydrogen-bond donors (Lipinski definition) is 4. The third kappa shape index (κ3) is 2.68. The number of aromatic hydroxyl groups is 3. The van der Waals surface area contributed by atoms with Crippen LogP contribution in [0.25, 0.3) is 0 Å². The topological polar surface area (TPSA) is 76.0 Å². The molecular weight excluding hydrogens is 232 g/mol. The lowest BCUT2D eigenvalue weighted by atomic mass is 10.1. The van der Waals surface area contributed by atoms with E-state index in [1.165, 1.54) is 18.9 Å². The SMILES string of the molecule is CN1CCCC1CNCc1ccc(O)c(O)c1O. The highest BCUT2D eigenvalue weighted by Gasteiger charge is 2.20. The van der Waals surface area contributed by atoms with Gasteiger partial charge in [-0.2, -0.15) is 0 Å². The van der Waals surface area contributed by atoms with Crippen molar-refractivity contribution in [1.29, 1.82) is 0 Å². The number of likely N-dealkylation sites (tertiary alicyclic amines) is 1. The van der Waals surface area contributed by atoms with Crippen LogP contribution in [0.2, 0.25) is 0 Å². The van der Waals surface area contributed by atoms with Gasteiger partial charge < -0.3 is 25.5 Å². The van der Waals surface area contributed by atoms with Gasteiger partial charge in [0.1, 0.15) is 0 Å². The lowest BCUT2D eigenvalue weighted by Gasteiger charge is -2.20. The van der Waals surface area contributed by atoms with Gasteiger partial charge in [0.25, 0.3) is 0 Å². The van der Waals surface area contributed by atoms with Crippen molar-refractivity contribution in [3.63, 3.8) is 0 Å². The van der Waals surface area contributed by atoms with Gasteiger partial charge in [0, 0.05) is 24.7 Å². The number of benzene rings is 1. The Morgan fingerprint density at radius 2 is 2.06 bits per heavy atom. The van der Waals surface area contributed by atoms with Crippen molar-refractivity contribution in [2.45, 2.75) is 25.4 Å². The first-order valence-corrected chi connectivity index (χ1v) is 6.23. The molecule has 1 aliphatic heterocycles. The standard InChI is InChI=1S/C13H20N2O3/c1-15-6-2-3-10(15)8-14-7-9-4-5-11(16)13(18)12(9)17/h4-5,10,14,16-18H,2-3,6-8H2,1H3. The normalized spacial score (nSPS) is 20.4. The fraction of sp³-hybridized carbons (Fsp3) is 0.538. The predicted octanol–water partition coefficient (Wildman–Crippen LogP) is 0.987. The van der Waals surface area contributed by atoms with E-state index >= 15 is 0 Å². The Morgan fingerprint density at radius 1 is 1.28 bits per heavy atom. The minimum atomic E-state index is -0.452. The molecule has 1 aromatic rings. The Balaban J connectivity index is 1.89. The van der Waals surface area contributed by atoms with Crippen LogP contribution in [-0.4, -0.2) is 46.4 Å². The molecule has 0 radical (unpaired) electrons. The summed E-state index contributed by atoms with van der Waals surface area (Å²) >= 11 is 0. The van der Waals surface area contributed by atoms with Crippen LogP contribution >= 0.6 is 0 Å². The van der Waals surface area contributed by atoms with Crippen molar-refractivity contribution >= 4 is 0 Å².